The van der Waals surface area contributed by atoms with E-state index < -0.39 is 23.8 Å². The molecule has 0 aliphatic heterocycles. The summed E-state index contributed by atoms with van der Waals surface area (Å²) >= 11 is 0. The van der Waals surface area contributed by atoms with Gasteiger partial charge in [-0.3, -0.25) is 0 Å². The number of benzene rings is 1. The summed E-state index contributed by atoms with van der Waals surface area (Å²) in [6.07, 6.45) is 1.73. The van der Waals surface area contributed by atoms with Crippen LogP contribution in [0, 0.1) is 0 Å². The lowest BCUT2D eigenvalue weighted by atomic mass is 10.1. The van der Waals surface area contributed by atoms with Crippen molar-refractivity contribution in [3.05, 3.63) is 42.5 Å². The highest BCUT2D eigenvalue weighted by molar-refractivity contribution is 5.79. The first-order chi connectivity index (χ1) is 10.9. The Kier molecular flexibility index (Phi) is 7.65. The van der Waals surface area contributed by atoms with Crippen molar-refractivity contribution in [2.75, 3.05) is 12.4 Å². The normalized spacial score (nSPS) is 12.5. The predicted molar refractivity (Wildman–Crippen MR) is 84.2 cm³/mol. The van der Waals surface area contributed by atoms with Gasteiger partial charge < -0.3 is 10.1 Å². The molecule has 0 fully saturated rings. The van der Waals surface area contributed by atoms with E-state index in [9.17, 15) is 18.0 Å². The lowest BCUT2D eigenvalue weighted by molar-refractivity contribution is -0.141. The molecule has 0 unspecified atom stereocenters. The summed E-state index contributed by atoms with van der Waals surface area (Å²) in [5.41, 5.74) is -0.262. The van der Waals surface area contributed by atoms with Gasteiger partial charge >= 0.3 is 12.1 Å². The van der Waals surface area contributed by atoms with Gasteiger partial charge in [-0.2, -0.15) is 13.2 Å². The van der Waals surface area contributed by atoms with Crippen LogP contribution in [0.15, 0.2) is 36.9 Å². The molecule has 0 spiro atoms. The maximum Gasteiger partial charge on any atom is 0.416 e. The number of rotatable bonds is 9. The van der Waals surface area contributed by atoms with Gasteiger partial charge in [0.25, 0.3) is 0 Å². The third kappa shape index (κ3) is 6.76. The van der Waals surface area contributed by atoms with E-state index in [2.05, 4.69) is 11.9 Å². The summed E-state index contributed by atoms with van der Waals surface area (Å²) in [5.74, 6) is -0.423. The predicted octanol–water partition coefficient (Wildman–Crippen LogP) is 4.80. The second kappa shape index (κ2) is 9.22. The average molecular weight is 329 g/mol. The molecule has 3 nitrogen and oxygen atoms in total. The maximum absolute atomic E-state index is 12.5. The number of carbonyl (C=O) groups is 1. The lowest BCUT2D eigenvalue weighted by Crippen LogP contribution is -2.30. The fourth-order valence-corrected chi connectivity index (χ4v) is 2.16. The van der Waals surface area contributed by atoms with Gasteiger partial charge in [0, 0.05) is 5.69 Å². The smallest absolute Gasteiger partial charge is 0.416 e. The van der Waals surface area contributed by atoms with Crippen LogP contribution in [-0.4, -0.2) is 19.1 Å². The second-order valence-corrected chi connectivity index (χ2v) is 5.22. The number of unbranched alkanes of at least 4 members (excludes halogenated alkanes) is 3. The number of allylic oxidation sites excluding steroid dienone is 1. The van der Waals surface area contributed by atoms with Crippen molar-refractivity contribution in [2.45, 2.75) is 44.3 Å². The molecule has 0 saturated heterocycles. The van der Waals surface area contributed by atoms with Crippen LogP contribution in [0.4, 0.5) is 18.9 Å². The molecule has 0 heterocycles. The molecule has 0 aromatic heterocycles. The zero-order valence-electron chi connectivity index (χ0n) is 13.2. The summed E-state index contributed by atoms with van der Waals surface area (Å²) in [4.78, 5) is 11.8. The third-order valence-electron chi connectivity index (χ3n) is 3.44. The Labute approximate surface area is 134 Å². The largest absolute Gasteiger partial charge is 0.467 e. The molecule has 128 valence electrons. The van der Waals surface area contributed by atoms with Gasteiger partial charge in [0.05, 0.1) is 12.7 Å². The minimum absolute atomic E-state index is 0.423. The molecule has 1 aromatic carbocycles. The van der Waals surface area contributed by atoms with Crippen LogP contribution in [-0.2, 0) is 15.7 Å². The fourth-order valence-electron chi connectivity index (χ4n) is 2.16. The minimum atomic E-state index is -4.37. The number of hydrogen-bond acceptors (Lipinski definition) is 3. The Morgan fingerprint density at radius 3 is 2.43 bits per heavy atom. The highest BCUT2D eigenvalue weighted by atomic mass is 19.4. The third-order valence-corrected chi connectivity index (χ3v) is 3.44. The van der Waals surface area contributed by atoms with E-state index in [1.807, 2.05) is 6.08 Å². The molecule has 1 N–H and O–H groups in total. The summed E-state index contributed by atoms with van der Waals surface area (Å²) < 4.78 is 42.3. The number of halogens is 3. The summed E-state index contributed by atoms with van der Waals surface area (Å²) in [5, 5.41) is 2.94. The number of alkyl halides is 3. The molecule has 0 aliphatic carbocycles. The van der Waals surface area contributed by atoms with Crippen LogP contribution in [0.25, 0.3) is 0 Å². The number of methoxy groups -OCH3 is 1. The summed E-state index contributed by atoms with van der Waals surface area (Å²) in [6.45, 7) is 3.65. The number of esters is 1. The van der Waals surface area contributed by atoms with E-state index in [-0.39, 0.29) is 0 Å². The Hall–Kier alpha value is -1.98. The van der Waals surface area contributed by atoms with E-state index in [4.69, 9.17) is 4.74 Å². The van der Waals surface area contributed by atoms with Crippen LogP contribution in [0.3, 0.4) is 0 Å². The molecule has 23 heavy (non-hydrogen) atoms. The molecule has 1 atom stereocenters. The van der Waals surface area contributed by atoms with Gasteiger partial charge in [-0.15, -0.1) is 6.58 Å². The zero-order valence-corrected chi connectivity index (χ0v) is 13.2. The number of carbonyl (C=O) groups excluding carboxylic acids is 1. The quantitative estimate of drug-likeness (QED) is 0.402. The Morgan fingerprint density at radius 2 is 1.91 bits per heavy atom. The summed E-state index contributed by atoms with van der Waals surface area (Å²) in [7, 11) is 1.29. The molecule has 0 bridgehead atoms. The Bertz CT molecular complexity index is 498. The van der Waals surface area contributed by atoms with Crippen LogP contribution in [0.5, 0.6) is 0 Å². The first kappa shape index (κ1) is 19.1. The maximum atomic E-state index is 12.5. The van der Waals surface area contributed by atoms with Gasteiger partial charge in [-0.1, -0.05) is 18.9 Å². The van der Waals surface area contributed by atoms with Crippen LogP contribution in [0.1, 0.15) is 37.7 Å². The van der Waals surface area contributed by atoms with Crippen LogP contribution < -0.4 is 5.32 Å². The molecule has 0 saturated carbocycles. The van der Waals surface area contributed by atoms with Crippen LogP contribution >= 0.6 is 0 Å². The van der Waals surface area contributed by atoms with Gasteiger partial charge in [-0.05, 0) is 43.5 Å². The van der Waals surface area contributed by atoms with E-state index in [0.717, 1.165) is 37.8 Å². The van der Waals surface area contributed by atoms with Gasteiger partial charge in [0.15, 0.2) is 0 Å². The van der Waals surface area contributed by atoms with Crippen molar-refractivity contribution in [3.8, 4) is 0 Å². The SMILES string of the molecule is C=CCCCCC[C@H](Nc1ccc(C(F)(F)F)cc1)C(=O)OC. The first-order valence-electron chi connectivity index (χ1n) is 7.51. The zero-order chi connectivity index (χ0) is 17.3. The van der Waals surface area contributed by atoms with Crippen LogP contribution in [0.2, 0.25) is 0 Å². The van der Waals surface area contributed by atoms with Gasteiger partial charge in [0.1, 0.15) is 6.04 Å². The highest BCUT2D eigenvalue weighted by Crippen LogP contribution is 2.30. The molecule has 1 rings (SSSR count). The van der Waals surface area contributed by atoms with Crippen molar-refractivity contribution < 1.29 is 22.7 Å². The van der Waals surface area contributed by atoms with E-state index in [1.165, 1.54) is 19.2 Å². The van der Waals surface area contributed by atoms with Crippen molar-refractivity contribution in [1.82, 2.24) is 0 Å². The van der Waals surface area contributed by atoms with E-state index >= 15 is 0 Å². The monoisotopic (exact) mass is 329 g/mol. The van der Waals surface area contributed by atoms with Crippen molar-refractivity contribution in [3.63, 3.8) is 0 Å². The van der Waals surface area contributed by atoms with Crippen molar-refractivity contribution >= 4 is 11.7 Å². The molecule has 0 aliphatic rings. The molecular formula is C17H22F3NO2. The molecule has 0 radical (unpaired) electrons. The number of nitrogens with one attached hydrogen (secondary N) is 1. The molecule has 1 aromatic rings. The van der Waals surface area contributed by atoms with Gasteiger partial charge in [-0.25, -0.2) is 4.79 Å². The lowest BCUT2D eigenvalue weighted by Gasteiger charge is -2.18. The highest BCUT2D eigenvalue weighted by Gasteiger charge is 2.30. The fraction of sp³-hybridized carbons (Fsp3) is 0.471. The van der Waals surface area contributed by atoms with Gasteiger partial charge in [0.2, 0.25) is 0 Å². The first-order valence-corrected chi connectivity index (χ1v) is 7.51. The van der Waals surface area contributed by atoms with E-state index in [0.29, 0.717) is 12.1 Å². The minimum Gasteiger partial charge on any atom is -0.467 e. The topological polar surface area (TPSA) is 38.3 Å². The number of ether oxygens (including phenoxy) is 1. The second-order valence-electron chi connectivity index (χ2n) is 5.22. The standard InChI is InChI=1S/C17H22F3NO2/c1-3-4-5-6-7-8-15(16(22)23-2)21-14-11-9-13(10-12-14)17(18,19)20/h3,9-12,15,21H,1,4-8H2,2H3/t15-/m0/s1. The molecule has 0 amide bonds. The number of hydrogen-bond donors (Lipinski definition) is 1. The van der Waals surface area contributed by atoms with Crippen molar-refractivity contribution in [2.24, 2.45) is 0 Å². The average Bonchev–Trinajstić information content (AvgIpc) is 2.52. The Morgan fingerprint density at radius 1 is 1.26 bits per heavy atom. The van der Waals surface area contributed by atoms with Crippen molar-refractivity contribution in [1.29, 1.82) is 0 Å². The molecule has 6 heteroatoms. The Balaban J connectivity index is 2.62. The number of anilines is 1. The van der Waals surface area contributed by atoms with E-state index in [1.54, 1.807) is 0 Å². The molecular weight excluding hydrogens is 307 g/mol. The summed E-state index contributed by atoms with van der Waals surface area (Å²) in [6, 6.07) is 4.04.